The SMILES string of the molecule is C1=C(c2cccc(-c3ccc4c(c3)C3(c5ccccc5-4)c4ccccc4N(c4ccccc4)c4ccccc43)c2)N2C(c3ccccc3)N2C1c1ccccc1. The summed E-state index contributed by atoms with van der Waals surface area (Å²) in [4.78, 5) is 2.45. The average molecular weight is 716 g/mol. The van der Waals surface area contributed by atoms with E-state index in [1.807, 2.05) is 0 Å². The van der Waals surface area contributed by atoms with Gasteiger partial charge in [-0.05, 0) is 104 Å². The Hall–Kier alpha value is -6.94. The van der Waals surface area contributed by atoms with Crippen LogP contribution in [-0.2, 0) is 5.41 Å². The van der Waals surface area contributed by atoms with E-state index in [0.29, 0.717) is 0 Å². The molecule has 0 radical (unpaired) electrons. The summed E-state index contributed by atoms with van der Waals surface area (Å²) >= 11 is 0. The third-order valence-corrected chi connectivity index (χ3v) is 12.4. The molecule has 4 aliphatic rings. The predicted octanol–water partition coefficient (Wildman–Crippen LogP) is 12.8. The van der Waals surface area contributed by atoms with Gasteiger partial charge < -0.3 is 4.90 Å². The fourth-order valence-electron chi connectivity index (χ4n) is 10.1. The molecule has 1 fully saturated rings. The van der Waals surface area contributed by atoms with E-state index in [4.69, 9.17) is 0 Å². The molecule has 3 atom stereocenters. The summed E-state index contributed by atoms with van der Waals surface area (Å²) in [5.74, 6) is 0. The van der Waals surface area contributed by atoms with Crippen LogP contribution >= 0.6 is 0 Å². The first-order valence-corrected chi connectivity index (χ1v) is 19.6. The number of nitrogens with zero attached hydrogens (tertiary/aromatic N) is 3. The van der Waals surface area contributed by atoms with E-state index in [9.17, 15) is 0 Å². The zero-order valence-corrected chi connectivity index (χ0v) is 30.7. The maximum absolute atomic E-state index is 2.51. The molecule has 0 saturated carbocycles. The normalized spacial score (nSPS) is 19.1. The monoisotopic (exact) mass is 715 g/mol. The lowest BCUT2D eigenvalue weighted by Crippen LogP contribution is -2.36. The van der Waals surface area contributed by atoms with E-state index >= 15 is 0 Å². The van der Waals surface area contributed by atoms with Gasteiger partial charge in [0.1, 0.15) is 6.17 Å². The van der Waals surface area contributed by atoms with Gasteiger partial charge in [0, 0.05) is 5.69 Å². The fraction of sp³-hybridized carbons (Fsp3) is 0.0566. The molecule has 264 valence electrons. The van der Waals surface area contributed by atoms with Crippen LogP contribution in [0.25, 0.3) is 28.0 Å². The maximum Gasteiger partial charge on any atom is 0.141 e. The van der Waals surface area contributed by atoms with Crippen molar-refractivity contribution in [1.29, 1.82) is 0 Å². The van der Waals surface area contributed by atoms with Gasteiger partial charge in [0.15, 0.2) is 0 Å². The first-order chi connectivity index (χ1) is 27.8. The highest BCUT2D eigenvalue weighted by atomic mass is 15.9. The van der Waals surface area contributed by atoms with Gasteiger partial charge in [-0.3, -0.25) is 5.01 Å². The second-order valence-corrected chi connectivity index (χ2v) is 15.3. The van der Waals surface area contributed by atoms with Gasteiger partial charge in [0.05, 0.1) is 28.5 Å². The quantitative estimate of drug-likeness (QED) is 0.164. The Morgan fingerprint density at radius 1 is 0.393 bits per heavy atom. The lowest BCUT2D eigenvalue weighted by molar-refractivity contribution is 0.365. The van der Waals surface area contributed by atoms with Crippen molar-refractivity contribution in [2.24, 2.45) is 0 Å². The summed E-state index contributed by atoms with van der Waals surface area (Å²) in [7, 11) is 0. The van der Waals surface area contributed by atoms with Crippen molar-refractivity contribution in [3.63, 3.8) is 0 Å². The fourth-order valence-corrected chi connectivity index (χ4v) is 10.1. The Morgan fingerprint density at radius 2 is 0.946 bits per heavy atom. The summed E-state index contributed by atoms with van der Waals surface area (Å²) < 4.78 is 0. The van der Waals surface area contributed by atoms with Crippen LogP contribution in [0, 0.1) is 0 Å². The Labute approximate surface area is 327 Å². The highest BCUT2D eigenvalue weighted by molar-refractivity contribution is 5.96. The molecule has 3 aliphatic heterocycles. The van der Waals surface area contributed by atoms with Gasteiger partial charge in [0.25, 0.3) is 0 Å². The zero-order chi connectivity index (χ0) is 36.8. The lowest BCUT2D eigenvalue weighted by Gasteiger charge is -2.45. The average Bonchev–Trinajstić information content (AvgIpc) is 3.77. The molecule has 0 amide bonds. The van der Waals surface area contributed by atoms with Gasteiger partial charge in [-0.25, -0.2) is 0 Å². The molecule has 3 nitrogen and oxygen atoms in total. The molecule has 1 saturated heterocycles. The molecule has 0 aromatic heterocycles. The van der Waals surface area contributed by atoms with Crippen molar-refractivity contribution in [3.8, 4) is 22.3 Å². The van der Waals surface area contributed by atoms with Crippen LogP contribution in [0.2, 0.25) is 0 Å². The zero-order valence-electron chi connectivity index (χ0n) is 30.7. The van der Waals surface area contributed by atoms with Gasteiger partial charge >= 0.3 is 0 Å². The first kappa shape index (κ1) is 31.4. The molecule has 56 heavy (non-hydrogen) atoms. The molecule has 0 N–H and O–H groups in total. The molecular weight excluding hydrogens is 679 g/mol. The second-order valence-electron chi connectivity index (χ2n) is 15.3. The van der Waals surface area contributed by atoms with Crippen molar-refractivity contribution < 1.29 is 0 Å². The summed E-state index contributed by atoms with van der Waals surface area (Å²) in [5, 5.41) is 4.99. The number of anilines is 3. The van der Waals surface area contributed by atoms with E-state index in [-0.39, 0.29) is 12.2 Å². The van der Waals surface area contributed by atoms with Gasteiger partial charge in [-0.1, -0.05) is 170 Å². The lowest BCUT2D eigenvalue weighted by atomic mass is 9.64. The minimum atomic E-state index is -0.488. The predicted molar refractivity (Wildman–Crippen MR) is 227 cm³/mol. The molecule has 3 heterocycles. The highest BCUT2D eigenvalue weighted by Crippen LogP contribution is 2.64. The van der Waals surface area contributed by atoms with Crippen LogP contribution in [0.5, 0.6) is 0 Å². The summed E-state index contributed by atoms with van der Waals surface area (Å²) in [5.41, 5.74) is 18.5. The number of hydrogen-bond donors (Lipinski definition) is 0. The Kier molecular flexibility index (Phi) is 6.75. The second kappa shape index (κ2) is 12.0. The Morgan fingerprint density at radius 3 is 1.66 bits per heavy atom. The first-order valence-electron chi connectivity index (χ1n) is 19.6. The van der Waals surface area contributed by atoms with Crippen molar-refractivity contribution in [2.45, 2.75) is 17.6 Å². The minimum Gasteiger partial charge on any atom is -0.310 e. The van der Waals surface area contributed by atoms with E-state index in [2.05, 4.69) is 227 Å². The largest absolute Gasteiger partial charge is 0.310 e. The Balaban J connectivity index is 1.02. The van der Waals surface area contributed by atoms with Crippen LogP contribution in [0.15, 0.2) is 212 Å². The van der Waals surface area contributed by atoms with Gasteiger partial charge in [0.2, 0.25) is 0 Å². The summed E-state index contributed by atoms with van der Waals surface area (Å²) in [6, 6.07) is 76.3. The highest BCUT2D eigenvalue weighted by Gasteiger charge is 2.56. The molecule has 8 aromatic carbocycles. The number of rotatable bonds is 5. The number of hydrazine groups is 1. The Bertz CT molecular complexity index is 2800. The third-order valence-electron chi connectivity index (χ3n) is 12.4. The molecular formula is C53H37N3. The van der Waals surface area contributed by atoms with Gasteiger partial charge in [-0.2, -0.15) is 5.01 Å². The number of hydrogen-bond acceptors (Lipinski definition) is 3. The maximum atomic E-state index is 2.51. The number of fused-ring (bicyclic) bond motifs is 10. The summed E-state index contributed by atoms with van der Waals surface area (Å²) in [6.45, 7) is 0. The minimum absolute atomic E-state index is 0.181. The molecule has 1 aliphatic carbocycles. The smallest absolute Gasteiger partial charge is 0.141 e. The van der Waals surface area contributed by atoms with E-state index < -0.39 is 5.41 Å². The van der Waals surface area contributed by atoms with Crippen molar-refractivity contribution in [1.82, 2.24) is 10.0 Å². The van der Waals surface area contributed by atoms with Crippen LogP contribution in [-0.4, -0.2) is 10.0 Å². The number of benzene rings is 8. The van der Waals surface area contributed by atoms with Crippen LogP contribution in [0.3, 0.4) is 0 Å². The van der Waals surface area contributed by atoms with Crippen molar-refractivity contribution >= 4 is 22.8 Å². The van der Waals surface area contributed by atoms with Gasteiger partial charge in [-0.15, -0.1) is 0 Å². The molecule has 3 unspecified atom stereocenters. The molecule has 8 aromatic rings. The van der Waals surface area contributed by atoms with Crippen molar-refractivity contribution in [2.75, 3.05) is 4.90 Å². The van der Waals surface area contributed by atoms with E-state index in [0.717, 1.165) is 5.69 Å². The van der Waals surface area contributed by atoms with Crippen LogP contribution in [0.1, 0.15) is 51.2 Å². The summed E-state index contributed by atoms with van der Waals surface area (Å²) in [6.07, 6.45) is 2.65. The van der Waals surface area contributed by atoms with E-state index in [1.54, 1.807) is 0 Å². The topological polar surface area (TPSA) is 9.26 Å². The molecule has 3 heteroatoms. The van der Waals surface area contributed by atoms with Crippen LogP contribution in [0.4, 0.5) is 17.1 Å². The molecule has 0 bridgehead atoms. The third kappa shape index (κ3) is 4.38. The number of para-hydroxylation sites is 3. The molecule has 12 rings (SSSR count). The molecule has 1 spiro atoms. The standard InChI is InChI=1S/C53H37N3/c1-4-17-36(18-5-1)50-35-51(56-52(55(50)56)37-19-6-2-7-20-37)40-22-16-21-38(33-40)39-31-32-43-42-25-10-11-26-44(42)53(47(43)34-39)45-27-12-14-29-48(45)54(41-23-8-3-9-24-41)49-30-15-13-28-46(49)53/h1-35,50,52H. The van der Waals surface area contributed by atoms with E-state index in [1.165, 1.54) is 78.3 Å². The van der Waals surface area contributed by atoms with Crippen LogP contribution < -0.4 is 4.90 Å². The van der Waals surface area contributed by atoms with Crippen molar-refractivity contribution in [3.05, 3.63) is 251 Å².